The van der Waals surface area contributed by atoms with Gasteiger partial charge in [0.1, 0.15) is 0 Å². The molecule has 0 aliphatic heterocycles. The third-order valence-corrected chi connectivity index (χ3v) is 2.09. The summed E-state index contributed by atoms with van der Waals surface area (Å²) >= 11 is 5.08. The van der Waals surface area contributed by atoms with Crippen LogP contribution in [0.2, 0.25) is 0 Å². The Labute approximate surface area is 111 Å². The summed E-state index contributed by atoms with van der Waals surface area (Å²) in [6.45, 7) is 5.98. The Morgan fingerprint density at radius 1 is 1.28 bits per heavy atom. The van der Waals surface area contributed by atoms with Crippen LogP contribution < -0.4 is 16.2 Å². The van der Waals surface area contributed by atoms with Crippen molar-refractivity contribution in [2.24, 2.45) is 0 Å². The van der Waals surface area contributed by atoms with Crippen LogP contribution in [0.4, 0.5) is 11.4 Å². The Balaban J connectivity index is 2.49. The molecule has 0 unspecified atom stereocenters. The zero-order valence-corrected chi connectivity index (χ0v) is 11.3. The fourth-order valence-electron chi connectivity index (χ4n) is 1.17. The third kappa shape index (κ3) is 4.96. The van der Waals surface area contributed by atoms with Crippen molar-refractivity contribution >= 4 is 28.7 Å². The highest BCUT2D eigenvalue weighted by Gasteiger charge is 2.10. The molecule has 0 aliphatic rings. The molecule has 0 heterocycles. The Kier molecular flexibility index (Phi) is 4.43. The Bertz CT molecular complexity index is 439. The van der Waals surface area contributed by atoms with Crippen molar-refractivity contribution in [3.63, 3.8) is 0 Å². The summed E-state index contributed by atoms with van der Waals surface area (Å²) in [5, 5.41) is 14.0. The van der Waals surface area contributed by atoms with Crippen molar-refractivity contribution in [1.82, 2.24) is 10.7 Å². The molecule has 1 rings (SSSR count). The van der Waals surface area contributed by atoms with Crippen molar-refractivity contribution in [2.45, 2.75) is 26.3 Å². The summed E-state index contributed by atoms with van der Waals surface area (Å²) in [5.41, 5.74) is 6.28. The van der Waals surface area contributed by atoms with E-state index in [4.69, 9.17) is 12.2 Å². The number of hydrogen-bond acceptors (Lipinski definition) is 4. The first kappa shape index (κ1) is 14.2. The lowest BCUT2D eigenvalue weighted by Gasteiger charge is -2.23. The number of nitrogens with zero attached hydrogens (tertiary/aromatic N) is 1. The topological polar surface area (TPSA) is 79.2 Å². The number of nitro benzene ring substituents is 1. The van der Waals surface area contributed by atoms with E-state index in [0.29, 0.717) is 10.8 Å². The number of benzene rings is 1. The van der Waals surface area contributed by atoms with Gasteiger partial charge in [-0.3, -0.25) is 21.0 Å². The minimum atomic E-state index is -0.441. The zero-order chi connectivity index (χ0) is 13.8. The lowest BCUT2D eigenvalue weighted by molar-refractivity contribution is -0.384. The summed E-state index contributed by atoms with van der Waals surface area (Å²) in [6, 6.07) is 6.05. The number of rotatable bonds is 3. The maximum Gasteiger partial charge on any atom is 0.269 e. The number of hydrogen-bond donors (Lipinski definition) is 3. The summed E-state index contributed by atoms with van der Waals surface area (Å²) in [6.07, 6.45) is 0. The van der Waals surface area contributed by atoms with Gasteiger partial charge in [-0.15, -0.1) is 0 Å². The van der Waals surface area contributed by atoms with Crippen molar-refractivity contribution in [3.8, 4) is 0 Å². The van der Waals surface area contributed by atoms with Crippen molar-refractivity contribution in [2.75, 3.05) is 5.43 Å². The fourth-order valence-corrected chi connectivity index (χ4v) is 1.52. The lowest BCUT2D eigenvalue weighted by Crippen LogP contribution is -2.47. The number of thiocarbonyl (C=S) groups is 1. The van der Waals surface area contributed by atoms with E-state index >= 15 is 0 Å². The number of nitrogens with one attached hydrogen (secondary N) is 3. The normalized spacial score (nSPS) is 10.6. The molecular weight excluding hydrogens is 252 g/mol. The SMILES string of the molecule is CC(C)(C)NC(=S)NNc1ccc([N+](=O)[O-])cc1. The van der Waals surface area contributed by atoms with Gasteiger partial charge in [0.15, 0.2) is 5.11 Å². The molecule has 18 heavy (non-hydrogen) atoms. The van der Waals surface area contributed by atoms with Gasteiger partial charge in [0.05, 0.1) is 10.6 Å². The van der Waals surface area contributed by atoms with Gasteiger partial charge in [-0.2, -0.15) is 0 Å². The van der Waals surface area contributed by atoms with Crippen LogP contribution in [0.3, 0.4) is 0 Å². The van der Waals surface area contributed by atoms with E-state index in [-0.39, 0.29) is 11.2 Å². The predicted molar refractivity (Wildman–Crippen MR) is 75.3 cm³/mol. The smallest absolute Gasteiger partial charge is 0.269 e. The molecule has 1 aromatic rings. The Morgan fingerprint density at radius 2 is 1.83 bits per heavy atom. The average molecular weight is 268 g/mol. The largest absolute Gasteiger partial charge is 0.357 e. The molecular formula is C11H16N4O2S. The molecule has 0 saturated heterocycles. The maximum atomic E-state index is 10.5. The molecule has 0 fully saturated rings. The minimum Gasteiger partial charge on any atom is -0.357 e. The van der Waals surface area contributed by atoms with Crippen LogP contribution in [-0.2, 0) is 0 Å². The molecule has 0 aromatic heterocycles. The monoisotopic (exact) mass is 268 g/mol. The first-order valence-electron chi connectivity index (χ1n) is 5.36. The standard InChI is InChI=1S/C11H16N4O2S/c1-11(2,3)12-10(18)14-13-8-4-6-9(7-5-8)15(16)17/h4-7,13H,1-3H3,(H2,12,14,18). The molecule has 0 bridgehead atoms. The maximum absolute atomic E-state index is 10.5. The van der Waals surface area contributed by atoms with Gasteiger partial charge in [-0.05, 0) is 45.1 Å². The summed E-state index contributed by atoms with van der Waals surface area (Å²) in [5.74, 6) is 0. The van der Waals surface area contributed by atoms with E-state index in [2.05, 4.69) is 16.2 Å². The molecule has 98 valence electrons. The Morgan fingerprint density at radius 3 is 2.28 bits per heavy atom. The quantitative estimate of drug-likeness (QED) is 0.443. The zero-order valence-electron chi connectivity index (χ0n) is 10.5. The summed E-state index contributed by atoms with van der Waals surface area (Å²) < 4.78 is 0. The summed E-state index contributed by atoms with van der Waals surface area (Å²) in [7, 11) is 0. The van der Waals surface area contributed by atoms with E-state index in [0.717, 1.165) is 0 Å². The lowest BCUT2D eigenvalue weighted by atomic mass is 10.1. The van der Waals surface area contributed by atoms with Crippen molar-refractivity contribution < 1.29 is 4.92 Å². The fraction of sp³-hybridized carbons (Fsp3) is 0.364. The van der Waals surface area contributed by atoms with Gasteiger partial charge in [0.2, 0.25) is 0 Å². The van der Waals surface area contributed by atoms with Gasteiger partial charge in [0, 0.05) is 17.7 Å². The Hall–Kier alpha value is -1.89. The van der Waals surface area contributed by atoms with E-state index in [1.807, 2.05) is 20.8 Å². The second kappa shape index (κ2) is 5.63. The van der Waals surface area contributed by atoms with Crippen LogP contribution in [-0.4, -0.2) is 15.6 Å². The van der Waals surface area contributed by atoms with E-state index in [9.17, 15) is 10.1 Å². The van der Waals surface area contributed by atoms with Crippen molar-refractivity contribution in [1.29, 1.82) is 0 Å². The molecule has 0 radical (unpaired) electrons. The number of hydrazine groups is 1. The molecule has 3 N–H and O–H groups in total. The molecule has 1 aromatic carbocycles. The highest BCUT2D eigenvalue weighted by Crippen LogP contribution is 2.14. The van der Waals surface area contributed by atoms with E-state index in [1.165, 1.54) is 12.1 Å². The van der Waals surface area contributed by atoms with Crippen LogP contribution in [0.1, 0.15) is 20.8 Å². The van der Waals surface area contributed by atoms with Gasteiger partial charge in [-0.1, -0.05) is 0 Å². The van der Waals surface area contributed by atoms with Crippen LogP contribution in [0.25, 0.3) is 0 Å². The van der Waals surface area contributed by atoms with E-state index in [1.54, 1.807) is 12.1 Å². The van der Waals surface area contributed by atoms with Crippen molar-refractivity contribution in [3.05, 3.63) is 34.4 Å². The van der Waals surface area contributed by atoms with Gasteiger partial charge >= 0.3 is 0 Å². The molecule has 0 amide bonds. The molecule has 0 aliphatic carbocycles. The first-order valence-corrected chi connectivity index (χ1v) is 5.77. The van der Waals surface area contributed by atoms with Crippen LogP contribution in [0.5, 0.6) is 0 Å². The van der Waals surface area contributed by atoms with Gasteiger partial charge < -0.3 is 5.32 Å². The van der Waals surface area contributed by atoms with Crippen LogP contribution >= 0.6 is 12.2 Å². The highest BCUT2D eigenvalue weighted by molar-refractivity contribution is 7.80. The highest BCUT2D eigenvalue weighted by atomic mass is 32.1. The predicted octanol–water partition coefficient (Wildman–Crippen LogP) is 2.18. The average Bonchev–Trinajstić information content (AvgIpc) is 2.24. The molecule has 0 atom stereocenters. The van der Waals surface area contributed by atoms with Crippen LogP contribution in [0, 0.1) is 10.1 Å². The first-order chi connectivity index (χ1) is 8.28. The molecule has 0 spiro atoms. The molecule has 7 heteroatoms. The number of anilines is 1. The summed E-state index contributed by atoms with van der Waals surface area (Å²) in [4.78, 5) is 10.0. The van der Waals surface area contributed by atoms with E-state index < -0.39 is 4.92 Å². The molecule has 6 nitrogen and oxygen atoms in total. The van der Waals surface area contributed by atoms with Crippen LogP contribution in [0.15, 0.2) is 24.3 Å². The van der Waals surface area contributed by atoms with Gasteiger partial charge in [0.25, 0.3) is 5.69 Å². The second-order valence-corrected chi connectivity index (χ2v) is 5.17. The number of nitro groups is 1. The number of non-ortho nitro benzene ring substituents is 1. The third-order valence-electron chi connectivity index (χ3n) is 1.89. The van der Waals surface area contributed by atoms with Gasteiger partial charge in [-0.25, -0.2) is 0 Å². The second-order valence-electron chi connectivity index (χ2n) is 4.76. The molecule has 0 saturated carbocycles. The minimum absolute atomic E-state index is 0.0518.